The number of rotatable bonds is 13. The largest absolute Gasteiger partial charge is 0.508 e. The molecule has 0 saturated carbocycles. The van der Waals surface area contributed by atoms with Gasteiger partial charge in [0, 0.05) is 5.56 Å². The first-order valence-corrected chi connectivity index (χ1v) is 10.0. The number of unbranched alkanes of at least 4 members (excludes halogenated alkanes) is 9. The van der Waals surface area contributed by atoms with Crippen LogP contribution in [0.2, 0.25) is 0 Å². The van der Waals surface area contributed by atoms with E-state index in [2.05, 4.69) is 16.9 Å². The summed E-state index contributed by atoms with van der Waals surface area (Å²) in [5, 5.41) is 9.32. The van der Waals surface area contributed by atoms with Crippen molar-refractivity contribution < 1.29 is 9.84 Å². The van der Waals surface area contributed by atoms with E-state index in [4.69, 9.17) is 4.74 Å². The first kappa shape index (κ1) is 20.2. The van der Waals surface area contributed by atoms with Crippen molar-refractivity contribution in [3.05, 3.63) is 36.7 Å². The third-order valence-corrected chi connectivity index (χ3v) is 4.54. The fourth-order valence-electron chi connectivity index (χ4n) is 2.94. The maximum atomic E-state index is 9.32. The third kappa shape index (κ3) is 7.85. The fraction of sp³-hybridized carbons (Fsp3) is 0.545. The van der Waals surface area contributed by atoms with E-state index in [-0.39, 0.29) is 5.75 Å². The molecule has 0 aliphatic carbocycles. The van der Waals surface area contributed by atoms with Crippen molar-refractivity contribution in [1.82, 2.24) is 9.97 Å². The van der Waals surface area contributed by atoms with Crippen LogP contribution in [0.25, 0.3) is 11.3 Å². The molecular weight excluding hydrogens is 324 g/mol. The minimum Gasteiger partial charge on any atom is -0.508 e. The Bertz CT molecular complexity index is 597. The molecule has 0 amide bonds. The zero-order valence-electron chi connectivity index (χ0n) is 16.0. The van der Waals surface area contributed by atoms with Crippen LogP contribution in [0.4, 0.5) is 0 Å². The van der Waals surface area contributed by atoms with Gasteiger partial charge in [0.1, 0.15) is 5.75 Å². The van der Waals surface area contributed by atoms with Crippen molar-refractivity contribution in [2.24, 2.45) is 0 Å². The topological polar surface area (TPSA) is 55.2 Å². The van der Waals surface area contributed by atoms with Crippen molar-refractivity contribution in [1.29, 1.82) is 0 Å². The summed E-state index contributed by atoms with van der Waals surface area (Å²) >= 11 is 0. The van der Waals surface area contributed by atoms with Crippen molar-refractivity contribution in [2.75, 3.05) is 6.61 Å². The van der Waals surface area contributed by atoms with Crippen LogP contribution in [0, 0.1) is 0 Å². The number of aromatic nitrogens is 2. The molecule has 0 saturated heterocycles. The van der Waals surface area contributed by atoms with Gasteiger partial charge in [-0.3, -0.25) is 0 Å². The Morgan fingerprint density at radius 3 is 1.96 bits per heavy atom. The highest BCUT2D eigenvalue weighted by Crippen LogP contribution is 2.20. The number of benzene rings is 1. The highest BCUT2D eigenvalue weighted by molar-refractivity contribution is 5.58. The SMILES string of the molecule is CCCCCCCCCCCCOc1cnc(-c2ccc(O)cc2)cn1. The summed E-state index contributed by atoms with van der Waals surface area (Å²) in [7, 11) is 0. The fourth-order valence-corrected chi connectivity index (χ4v) is 2.94. The summed E-state index contributed by atoms with van der Waals surface area (Å²) in [5.41, 5.74) is 1.70. The number of phenols is 1. The molecule has 0 aliphatic rings. The predicted molar refractivity (Wildman–Crippen MR) is 106 cm³/mol. The van der Waals surface area contributed by atoms with Crippen molar-refractivity contribution in [3.8, 4) is 22.9 Å². The van der Waals surface area contributed by atoms with Gasteiger partial charge in [-0.2, -0.15) is 0 Å². The molecule has 0 aliphatic heterocycles. The Kier molecular flexibility index (Phi) is 9.55. The molecular formula is C22H32N2O2. The monoisotopic (exact) mass is 356 g/mol. The van der Waals surface area contributed by atoms with Crippen molar-refractivity contribution >= 4 is 0 Å². The lowest BCUT2D eigenvalue weighted by Gasteiger charge is -2.06. The molecule has 1 aromatic heterocycles. The second-order valence-corrected chi connectivity index (χ2v) is 6.82. The van der Waals surface area contributed by atoms with Gasteiger partial charge >= 0.3 is 0 Å². The molecule has 1 heterocycles. The molecule has 0 spiro atoms. The number of ether oxygens (including phenoxy) is 1. The van der Waals surface area contributed by atoms with Gasteiger partial charge in [-0.15, -0.1) is 0 Å². The molecule has 2 aromatic rings. The van der Waals surface area contributed by atoms with Gasteiger partial charge in [0.15, 0.2) is 0 Å². The second-order valence-electron chi connectivity index (χ2n) is 6.82. The standard InChI is InChI=1S/C22H32N2O2/c1-2-3-4-5-6-7-8-9-10-11-16-26-22-18-23-21(17-24-22)19-12-14-20(25)15-13-19/h12-15,17-18,25H,2-11,16H2,1H3. The number of nitrogens with zero attached hydrogens (tertiary/aromatic N) is 2. The van der Waals surface area contributed by atoms with E-state index in [1.807, 2.05) is 12.1 Å². The van der Waals surface area contributed by atoms with Crippen LogP contribution in [-0.2, 0) is 0 Å². The highest BCUT2D eigenvalue weighted by atomic mass is 16.5. The minimum atomic E-state index is 0.248. The predicted octanol–water partition coefficient (Wildman–Crippen LogP) is 6.15. The van der Waals surface area contributed by atoms with Gasteiger partial charge in [-0.1, -0.05) is 64.7 Å². The van der Waals surface area contributed by atoms with Gasteiger partial charge in [0.2, 0.25) is 5.88 Å². The lowest BCUT2D eigenvalue weighted by molar-refractivity contribution is 0.292. The number of hydrogen-bond donors (Lipinski definition) is 1. The smallest absolute Gasteiger partial charge is 0.232 e. The highest BCUT2D eigenvalue weighted by Gasteiger charge is 2.02. The van der Waals surface area contributed by atoms with Crippen LogP contribution >= 0.6 is 0 Å². The summed E-state index contributed by atoms with van der Waals surface area (Å²) < 4.78 is 5.67. The van der Waals surface area contributed by atoms with E-state index in [1.54, 1.807) is 24.5 Å². The van der Waals surface area contributed by atoms with E-state index >= 15 is 0 Å². The lowest BCUT2D eigenvalue weighted by Crippen LogP contribution is -2.00. The Balaban J connectivity index is 1.54. The Morgan fingerprint density at radius 1 is 0.769 bits per heavy atom. The summed E-state index contributed by atoms with van der Waals surface area (Å²) in [6, 6.07) is 6.94. The van der Waals surface area contributed by atoms with E-state index in [0.717, 1.165) is 17.7 Å². The van der Waals surface area contributed by atoms with E-state index in [1.165, 1.54) is 57.8 Å². The van der Waals surface area contributed by atoms with Gasteiger partial charge in [-0.05, 0) is 30.7 Å². The second kappa shape index (κ2) is 12.3. The summed E-state index contributed by atoms with van der Waals surface area (Å²) in [5.74, 6) is 0.821. The molecule has 0 radical (unpaired) electrons. The van der Waals surface area contributed by atoms with Gasteiger partial charge in [0.25, 0.3) is 0 Å². The zero-order chi connectivity index (χ0) is 18.5. The van der Waals surface area contributed by atoms with Crippen LogP contribution < -0.4 is 4.74 Å². The van der Waals surface area contributed by atoms with Crippen LogP contribution in [0.15, 0.2) is 36.7 Å². The molecule has 0 unspecified atom stereocenters. The average molecular weight is 357 g/mol. The van der Waals surface area contributed by atoms with Gasteiger partial charge in [-0.25, -0.2) is 9.97 Å². The first-order chi connectivity index (χ1) is 12.8. The number of hydrogen-bond acceptors (Lipinski definition) is 4. The summed E-state index contributed by atoms with van der Waals surface area (Å²) in [6.45, 7) is 2.96. The molecule has 4 nitrogen and oxygen atoms in total. The van der Waals surface area contributed by atoms with Gasteiger partial charge in [0.05, 0.1) is 24.7 Å². The van der Waals surface area contributed by atoms with Crippen molar-refractivity contribution in [3.63, 3.8) is 0 Å². The summed E-state index contributed by atoms with van der Waals surface area (Å²) in [4.78, 5) is 8.69. The minimum absolute atomic E-state index is 0.248. The maximum Gasteiger partial charge on any atom is 0.232 e. The quantitative estimate of drug-likeness (QED) is 0.437. The van der Waals surface area contributed by atoms with Gasteiger partial charge < -0.3 is 9.84 Å². The van der Waals surface area contributed by atoms with E-state index in [9.17, 15) is 5.11 Å². The van der Waals surface area contributed by atoms with Crippen LogP contribution in [0.1, 0.15) is 71.1 Å². The number of phenolic OH excluding ortho intramolecular Hbond substituents is 1. The van der Waals surface area contributed by atoms with Crippen LogP contribution in [0.5, 0.6) is 11.6 Å². The van der Waals surface area contributed by atoms with Crippen molar-refractivity contribution in [2.45, 2.75) is 71.1 Å². The third-order valence-electron chi connectivity index (χ3n) is 4.54. The Morgan fingerprint density at radius 2 is 1.38 bits per heavy atom. The molecule has 4 heteroatoms. The molecule has 1 aromatic carbocycles. The van der Waals surface area contributed by atoms with E-state index in [0.29, 0.717) is 12.5 Å². The molecule has 2 rings (SSSR count). The van der Waals surface area contributed by atoms with E-state index < -0.39 is 0 Å². The summed E-state index contributed by atoms with van der Waals surface area (Å²) in [6.07, 6.45) is 16.6. The molecule has 0 atom stereocenters. The maximum absolute atomic E-state index is 9.32. The number of aromatic hydroxyl groups is 1. The Hall–Kier alpha value is -2.10. The lowest BCUT2D eigenvalue weighted by atomic mass is 10.1. The average Bonchev–Trinajstić information content (AvgIpc) is 2.67. The van der Waals surface area contributed by atoms with Crippen LogP contribution in [0.3, 0.4) is 0 Å². The Labute approximate surface area is 157 Å². The molecule has 1 N–H and O–H groups in total. The molecule has 142 valence electrons. The molecule has 26 heavy (non-hydrogen) atoms. The molecule has 0 bridgehead atoms. The molecule has 0 fully saturated rings. The first-order valence-electron chi connectivity index (χ1n) is 10.0. The van der Waals surface area contributed by atoms with Crippen LogP contribution in [-0.4, -0.2) is 21.7 Å². The normalized spacial score (nSPS) is 10.8. The zero-order valence-corrected chi connectivity index (χ0v) is 16.0.